The van der Waals surface area contributed by atoms with Gasteiger partial charge in [-0.15, -0.1) is 0 Å². The minimum absolute atomic E-state index is 0.311. The predicted octanol–water partition coefficient (Wildman–Crippen LogP) is 3.69. The van der Waals surface area contributed by atoms with Crippen molar-refractivity contribution in [3.63, 3.8) is 0 Å². The number of nitrogens with zero attached hydrogens (tertiary/aromatic N) is 1. The Morgan fingerprint density at radius 3 is 2.72 bits per heavy atom. The fourth-order valence-electron chi connectivity index (χ4n) is 1.43. The highest BCUT2D eigenvalue weighted by Gasteiger charge is 2.33. The Bertz CT molecular complexity index is 523. The lowest BCUT2D eigenvalue weighted by Crippen LogP contribution is -2.08. The predicted molar refractivity (Wildman–Crippen MR) is 62.4 cm³/mol. The number of halogens is 4. The van der Waals surface area contributed by atoms with Gasteiger partial charge in [0.2, 0.25) is 0 Å². The largest absolute Gasteiger partial charge is 0.417 e. The summed E-state index contributed by atoms with van der Waals surface area (Å²) in [6, 6.07) is 3.68. The third-order valence-electron chi connectivity index (χ3n) is 2.29. The molecule has 0 atom stereocenters. The lowest BCUT2D eigenvalue weighted by atomic mass is 10.2. The highest BCUT2D eigenvalue weighted by Crippen LogP contribution is 2.36. The Hall–Kier alpha value is -1.69. The quantitative estimate of drug-likeness (QED) is 0.897. The van der Waals surface area contributed by atoms with Gasteiger partial charge in [-0.25, -0.2) is 4.98 Å². The van der Waals surface area contributed by atoms with E-state index >= 15 is 0 Å². The molecule has 2 N–H and O–H groups in total. The summed E-state index contributed by atoms with van der Waals surface area (Å²) in [5.74, 6) is 0.638. The monoisotopic (exact) mass is 275 g/mol. The number of H-pyrrole nitrogens is 1. The number of alkyl halides is 3. The van der Waals surface area contributed by atoms with Crippen LogP contribution < -0.4 is 5.32 Å². The van der Waals surface area contributed by atoms with E-state index in [2.05, 4.69) is 15.3 Å². The van der Waals surface area contributed by atoms with Gasteiger partial charge in [0.05, 0.1) is 17.1 Å². The molecule has 0 fully saturated rings. The number of nitrogens with one attached hydrogen (secondary N) is 2. The van der Waals surface area contributed by atoms with Crippen LogP contribution in [0.25, 0.3) is 0 Å². The van der Waals surface area contributed by atoms with Gasteiger partial charge in [0, 0.05) is 18.1 Å². The van der Waals surface area contributed by atoms with Crippen molar-refractivity contribution in [1.29, 1.82) is 0 Å². The molecule has 0 aliphatic carbocycles. The van der Waals surface area contributed by atoms with Crippen molar-refractivity contribution >= 4 is 17.3 Å². The topological polar surface area (TPSA) is 40.7 Å². The number of aromatic amines is 1. The molecule has 2 rings (SSSR count). The van der Waals surface area contributed by atoms with Crippen LogP contribution >= 0.6 is 11.6 Å². The number of benzene rings is 1. The van der Waals surface area contributed by atoms with Crippen molar-refractivity contribution in [2.75, 3.05) is 5.32 Å². The van der Waals surface area contributed by atoms with Crippen LogP contribution in [0.1, 0.15) is 11.4 Å². The van der Waals surface area contributed by atoms with Crippen LogP contribution in [0.15, 0.2) is 30.6 Å². The Balaban J connectivity index is 2.15. The van der Waals surface area contributed by atoms with E-state index in [-0.39, 0.29) is 5.02 Å². The maximum absolute atomic E-state index is 12.6. The molecule has 96 valence electrons. The highest BCUT2D eigenvalue weighted by molar-refractivity contribution is 6.31. The van der Waals surface area contributed by atoms with Crippen LogP contribution in [0, 0.1) is 0 Å². The van der Waals surface area contributed by atoms with Crippen molar-refractivity contribution in [3.8, 4) is 0 Å². The molecule has 0 saturated heterocycles. The molecule has 0 unspecified atom stereocenters. The van der Waals surface area contributed by atoms with Crippen LogP contribution in [0.2, 0.25) is 5.02 Å². The van der Waals surface area contributed by atoms with Gasteiger partial charge >= 0.3 is 6.18 Å². The lowest BCUT2D eigenvalue weighted by molar-refractivity contribution is -0.137. The number of anilines is 1. The normalized spacial score (nSPS) is 11.6. The Kier molecular flexibility index (Phi) is 3.47. The molecule has 3 nitrogen and oxygen atoms in total. The zero-order valence-corrected chi connectivity index (χ0v) is 9.81. The third-order valence-corrected chi connectivity index (χ3v) is 2.62. The average Bonchev–Trinajstić information content (AvgIpc) is 2.79. The zero-order chi connectivity index (χ0) is 13.2. The van der Waals surface area contributed by atoms with E-state index < -0.39 is 11.7 Å². The van der Waals surface area contributed by atoms with E-state index in [4.69, 9.17) is 11.6 Å². The Labute approximate surface area is 106 Å². The first-order valence-electron chi connectivity index (χ1n) is 5.05. The standard InChI is InChI=1S/C11H9ClF3N3/c12-9-2-1-7(5-8(9)11(13,14)15)18-6-10-16-3-4-17-10/h1-5,18H,6H2,(H,16,17). The first kappa shape index (κ1) is 12.8. The van der Waals surface area contributed by atoms with Crippen molar-refractivity contribution in [2.24, 2.45) is 0 Å². The van der Waals surface area contributed by atoms with E-state index in [1.807, 2.05) is 0 Å². The summed E-state index contributed by atoms with van der Waals surface area (Å²) in [5.41, 5.74) is -0.517. The number of aromatic nitrogens is 2. The first-order chi connectivity index (χ1) is 8.47. The second-order valence-electron chi connectivity index (χ2n) is 3.58. The molecule has 1 aromatic heterocycles. The number of hydrogen-bond donors (Lipinski definition) is 2. The average molecular weight is 276 g/mol. The molecule has 0 radical (unpaired) electrons. The van der Waals surface area contributed by atoms with Gasteiger partial charge in [-0.2, -0.15) is 13.2 Å². The molecule has 18 heavy (non-hydrogen) atoms. The summed E-state index contributed by atoms with van der Waals surface area (Å²) in [7, 11) is 0. The summed E-state index contributed by atoms with van der Waals surface area (Å²) in [4.78, 5) is 6.80. The van der Waals surface area contributed by atoms with Crippen molar-refractivity contribution in [3.05, 3.63) is 47.0 Å². The van der Waals surface area contributed by atoms with Gasteiger partial charge in [0.15, 0.2) is 0 Å². The van der Waals surface area contributed by atoms with E-state index in [0.29, 0.717) is 18.1 Å². The molecular formula is C11H9ClF3N3. The maximum Gasteiger partial charge on any atom is 0.417 e. The summed E-state index contributed by atoms with van der Waals surface area (Å²) in [6.07, 6.45) is -1.25. The molecule has 0 bridgehead atoms. The van der Waals surface area contributed by atoms with Gasteiger partial charge < -0.3 is 10.3 Å². The summed E-state index contributed by atoms with van der Waals surface area (Å²) in [5, 5.41) is 2.52. The molecule has 0 saturated carbocycles. The molecule has 7 heteroatoms. The van der Waals surface area contributed by atoms with Gasteiger partial charge in [0.1, 0.15) is 5.82 Å². The van der Waals surface area contributed by atoms with Crippen LogP contribution in [-0.4, -0.2) is 9.97 Å². The Morgan fingerprint density at radius 1 is 1.33 bits per heavy atom. The lowest BCUT2D eigenvalue weighted by Gasteiger charge is -2.11. The fourth-order valence-corrected chi connectivity index (χ4v) is 1.66. The van der Waals surface area contributed by atoms with Crippen LogP contribution in [0.4, 0.5) is 18.9 Å². The molecule has 1 heterocycles. The summed E-state index contributed by atoms with van der Waals surface area (Å²) >= 11 is 5.51. The number of imidazole rings is 1. The minimum Gasteiger partial charge on any atom is -0.378 e. The minimum atomic E-state index is -4.46. The second-order valence-corrected chi connectivity index (χ2v) is 3.99. The Morgan fingerprint density at radius 2 is 2.11 bits per heavy atom. The van der Waals surface area contributed by atoms with Crippen molar-refractivity contribution < 1.29 is 13.2 Å². The van der Waals surface area contributed by atoms with Gasteiger partial charge in [-0.1, -0.05) is 11.6 Å². The number of hydrogen-bond acceptors (Lipinski definition) is 2. The third kappa shape index (κ3) is 2.95. The van der Waals surface area contributed by atoms with E-state index in [9.17, 15) is 13.2 Å². The van der Waals surface area contributed by atoms with Gasteiger partial charge in [-0.05, 0) is 18.2 Å². The summed E-state index contributed by atoms with van der Waals surface area (Å²) < 4.78 is 37.8. The van der Waals surface area contributed by atoms with Crippen molar-refractivity contribution in [2.45, 2.75) is 12.7 Å². The fraction of sp³-hybridized carbons (Fsp3) is 0.182. The molecule has 0 aliphatic rings. The summed E-state index contributed by atoms with van der Waals surface area (Å²) in [6.45, 7) is 0.311. The molecule has 0 amide bonds. The molecule has 2 aromatic rings. The van der Waals surface area contributed by atoms with Crippen LogP contribution in [0.5, 0.6) is 0 Å². The van der Waals surface area contributed by atoms with Gasteiger partial charge in [0.25, 0.3) is 0 Å². The van der Waals surface area contributed by atoms with E-state index in [1.54, 1.807) is 12.4 Å². The number of rotatable bonds is 3. The van der Waals surface area contributed by atoms with Crippen LogP contribution in [-0.2, 0) is 12.7 Å². The SMILES string of the molecule is FC(F)(F)c1cc(NCc2ncc[nH]2)ccc1Cl. The molecular weight excluding hydrogens is 267 g/mol. The molecule has 1 aromatic carbocycles. The van der Waals surface area contributed by atoms with E-state index in [1.165, 1.54) is 12.1 Å². The smallest absolute Gasteiger partial charge is 0.378 e. The zero-order valence-electron chi connectivity index (χ0n) is 9.05. The van der Waals surface area contributed by atoms with E-state index in [0.717, 1.165) is 6.07 Å². The molecule has 0 aliphatic heterocycles. The van der Waals surface area contributed by atoms with Crippen LogP contribution in [0.3, 0.4) is 0 Å². The van der Waals surface area contributed by atoms with Gasteiger partial charge in [-0.3, -0.25) is 0 Å². The highest BCUT2D eigenvalue weighted by atomic mass is 35.5. The second kappa shape index (κ2) is 4.89. The maximum atomic E-state index is 12.6. The first-order valence-corrected chi connectivity index (χ1v) is 5.43. The van der Waals surface area contributed by atoms with Crippen molar-refractivity contribution in [1.82, 2.24) is 9.97 Å². The molecule has 0 spiro atoms.